The van der Waals surface area contributed by atoms with Gasteiger partial charge < -0.3 is 11.5 Å². The van der Waals surface area contributed by atoms with Crippen molar-refractivity contribution in [1.29, 1.82) is 0 Å². The van der Waals surface area contributed by atoms with Crippen molar-refractivity contribution in [3.8, 4) is 22.3 Å². The Hall–Kier alpha value is -4.82. The van der Waals surface area contributed by atoms with E-state index < -0.39 is 0 Å². The number of hydrogen-bond donors (Lipinski definition) is 2. The zero-order chi connectivity index (χ0) is 26.3. The van der Waals surface area contributed by atoms with Crippen molar-refractivity contribution in [2.75, 3.05) is 11.5 Å². The number of rotatable bonds is 7. The summed E-state index contributed by atoms with van der Waals surface area (Å²) in [7, 11) is 0. The fourth-order valence-corrected chi connectivity index (χ4v) is 4.88. The van der Waals surface area contributed by atoms with Crippen LogP contribution in [-0.4, -0.2) is 0 Å². The van der Waals surface area contributed by atoms with Crippen LogP contribution in [0.5, 0.6) is 0 Å². The third-order valence-electron chi connectivity index (χ3n) is 6.85. The van der Waals surface area contributed by atoms with Crippen molar-refractivity contribution >= 4 is 23.5 Å². The molecule has 0 bridgehead atoms. The molecule has 5 rings (SSSR count). The quantitative estimate of drug-likeness (QED) is 0.223. The van der Waals surface area contributed by atoms with E-state index in [0.29, 0.717) is 0 Å². The molecule has 0 spiro atoms. The van der Waals surface area contributed by atoms with Crippen molar-refractivity contribution < 1.29 is 0 Å². The summed E-state index contributed by atoms with van der Waals surface area (Å²) < 4.78 is 0. The molecule has 0 saturated carbocycles. The van der Waals surface area contributed by atoms with Crippen molar-refractivity contribution in [3.63, 3.8) is 0 Å². The Balaban J connectivity index is 1.65. The van der Waals surface area contributed by atoms with Gasteiger partial charge in [0.05, 0.1) is 0 Å². The lowest BCUT2D eigenvalue weighted by atomic mass is 9.86. The minimum Gasteiger partial charge on any atom is -0.398 e. The number of nitrogen functional groups attached to an aromatic ring is 2. The van der Waals surface area contributed by atoms with Crippen LogP contribution >= 0.6 is 0 Å². The number of allylic oxidation sites excluding steroid dienone is 2. The number of benzene rings is 5. The van der Waals surface area contributed by atoms with Crippen LogP contribution in [0.1, 0.15) is 35.1 Å². The van der Waals surface area contributed by atoms with E-state index in [1.807, 2.05) is 55.5 Å². The summed E-state index contributed by atoms with van der Waals surface area (Å²) in [5.74, 6) is -0.000197. The fourth-order valence-electron chi connectivity index (χ4n) is 4.88. The average molecular weight is 493 g/mol. The summed E-state index contributed by atoms with van der Waals surface area (Å²) in [6.07, 6.45) is 8.71. The van der Waals surface area contributed by atoms with Crippen molar-refractivity contribution in [2.24, 2.45) is 0 Å². The molecule has 0 aromatic heterocycles. The third kappa shape index (κ3) is 5.45. The number of nitrogens with two attached hydrogens (primary N) is 2. The highest BCUT2D eigenvalue weighted by Gasteiger charge is 2.16. The molecule has 0 aliphatic rings. The van der Waals surface area contributed by atoms with Gasteiger partial charge in [-0.1, -0.05) is 121 Å². The average Bonchev–Trinajstić information content (AvgIpc) is 2.96. The first-order valence-corrected chi connectivity index (χ1v) is 12.9. The van der Waals surface area contributed by atoms with Crippen LogP contribution in [-0.2, 0) is 0 Å². The Labute approximate surface area is 225 Å². The summed E-state index contributed by atoms with van der Waals surface area (Å²) in [4.78, 5) is 0. The van der Waals surface area contributed by atoms with Gasteiger partial charge in [-0.2, -0.15) is 0 Å². The lowest BCUT2D eigenvalue weighted by molar-refractivity contribution is 1.03. The largest absolute Gasteiger partial charge is 0.398 e. The molecule has 0 fully saturated rings. The molecule has 186 valence electrons. The van der Waals surface area contributed by atoms with Gasteiger partial charge in [0.15, 0.2) is 0 Å². The molecular formula is C36H32N2. The fraction of sp³-hybridized carbons (Fsp3) is 0.0556. The summed E-state index contributed by atoms with van der Waals surface area (Å²) in [6, 6.07) is 41.8. The van der Waals surface area contributed by atoms with Crippen LogP contribution in [0, 0.1) is 0 Å². The number of hydrogen-bond acceptors (Lipinski definition) is 2. The number of anilines is 2. The topological polar surface area (TPSA) is 52.0 Å². The molecule has 0 aliphatic heterocycles. The van der Waals surface area contributed by atoms with Crippen LogP contribution in [0.2, 0.25) is 0 Å². The predicted molar refractivity (Wildman–Crippen MR) is 165 cm³/mol. The first-order valence-electron chi connectivity index (χ1n) is 12.9. The Bertz CT molecular complexity index is 1490. The van der Waals surface area contributed by atoms with Gasteiger partial charge in [0.1, 0.15) is 0 Å². The zero-order valence-electron chi connectivity index (χ0n) is 21.6. The zero-order valence-corrected chi connectivity index (χ0v) is 21.6. The third-order valence-corrected chi connectivity index (χ3v) is 6.85. The van der Waals surface area contributed by atoms with E-state index in [1.54, 1.807) is 0 Å². The van der Waals surface area contributed by atoms with Gasteiger partial charge in [-0.15, -0.1) is 0 Å². The highest BCUT2D eigenvalue weighted by atomic mass is 14.6. The van der Waals surface area contributed by atoms with E-state index in [1.165, 1.54) is 22.3 Å². The van der Waals surface area contributed by atoms with E-state index in [0.717, 1.165) is 33.6 Å². The van der Waals surface area contributed by atoms with Gasteiger partial charge in [-0.05, 0) is 64.6 Å². The molecule has 2 heteroatoms. The van der Waals surface area contributed by atoms with Crippen LogP contribution in [0.4, 0.5) is 11.4 Å². The highest BCUT2D eigenvalue weighted by molar-refractivity contribution is 5.79. The Morgan fingerprint density at radius 3 is 1.45 bits per heavy atom. The van der Waals surface area contributed by atoms with E-state index in [-0.39, 0.29) is 5.92 Å². The highest BCUT2D eigenvalue weighted by Crippen LogP contribution is 2.36. The van der Waals surface area contributed by atoms with Gasteiger partial charge in [0.2, 0.25) is 0 Å². The monoisotopic (exact) mass is 492 g/mol. The Kier molecular flexibility index (Phi) is 7.52. The maximum Gasteiger partial charge on any atom is 0.0393 e. The van der Waals surface area contributed by atoms with Gasteiger partial charge in [0, 0.05) is 28.4 Å². The molecule has 2 nitrogen and oxygen atoms in total. The Morgan fingerprint density at radius 2 is 0.974 bits per heavy atom. The second-order valence-electron chi connectivity index (χ2n) is 9.39. The smallest absolute Gasteiger partial charge is 0.0393 e. The van der Waals surface area contributed by atoms with Gasteiger partial charge in [-0.25, -0.2) is 0 Å². The van der Waals surface area contributed by atoms with E-state index in [9.17, 15) is 0 Å². The van der Waals surface area contributed by atoms with Crippen molar-refractivity contribution in [1.82, 2.24) is 0 Å². The summed E-state index contributed by atoms with van der Waals surface area (Å²) in [5.41, 5.74) is 23.4. The molecule has 5 aromatic carbocycles. The molecule has 0 atom stereocenters. The SMILES string of the molecule is C/C=C\c1ccccc1/C=C/C(c1ccc(N)c(-c2ccccc2)c1)c1ccc(N)c(-c2ccccc2)c1. The molecule has 0 amide bonds. The minimum absolute atomic E-state index is 0.000197. The summed E-state index contributed by atoms with van der Waals surface area (Å²) in [5, 5.41) is 0. The second kappa shape index (κ2) is 11.5. The lowest BCUT2D eigenvalue weighted by Gasteiger charge is -2.19. The molecule has 4 N–H and O–H groups in total. The minimum atomic E-state index is -0.000197. The van der Waals surface area contributed by atoms with Crippen LogP contribution in [0.3, 0.4) is 0 Å². The molecule has 5 aromatic rings. The molecule has 0 saturated heterocycles. The normalized spacial score (nSPS) is 11.5. The molecule has 0 heterocycles. The van der Waals surface area contributed by atoms with Crippen LogP contribution < -0.4 is 11.5 Å². The lowest BCUT2D eigenvalue weighted by Crippen LogP contribution is -2.02. The first kappa shape index (κ1) is 24.9. The van der Waals surface area contributed by atoms with Crippen molar-refractivity contribution in [2.45, 2.75) is 12.8 Å². The van der Waals surface area contributed by atoms with E-state index >= 15 is 0 Å². The predicted octanol–water partition coefficient (Wildman–Crippen LogP) is 9.06. The summed E-state index contributed by atoms with van der Waals surface area (Å²) >= 11 is 0. The summed E-state index contributed by atoms with van der Waals surface area (Å²) in [6.45, 7) is 2.04. The molecular weight excluding hydrogens is 460 g/mol. The van der Waals surface area contributed by atoms with Gasteiger partial charge in [-0.3, -0.25) is 0 Å². The van der Waals surface area contributed by atoms with E-state index in [2.05, 4.69) is 97.1 Å². The second-order valence-corrected chi connectivity index (χ2v) is 9.39. The Morgan fingerprint density at radius 1 is 0.526 bits per heavy atom. The maximum absolute atomic E-state index is 6.46. The van der Waals surface area contributed by atoms with E-state index in [4.69, 9.17) is 11.5 Å². The molecule has 0 unspecified atom stereocenters. The molecule has 0 radical (unpaired) electrons. The maximum atomic E-state index is 6.46. The van der Waals surface area contributed by atoms with Gasteiger partial charge in [0.25, 0.3) is 0 Å². The van der Waals surface area contributed by atoms with Crippen LogP contribution in [0.15, 0.2) is 133 Å². The van der Waals surface area contributed by atoms with Gasteiger partial charge >= 0.3 is 0 Å². The molecule has 38 heavy (non-hydrogen) atoms. The first-order chi connectivity index (χ1) is 18.6. The molecule has 0 aliphatic carbocycles. The van der Waals surface area contributed by atoms with Crippen molar-refractivity contribution in [3.05, 3.63) is 156 Å². The van der Waals surface area contributed by atoms with Crippen LogP contribution in [0.25, 0.3) is 34.4 Å². The standard InChI is InChI=1S/C36H32N2/c1-2-11-26-12-9-10-13-27(26)18-21-32(30-19-22-35(37)33(24-30)28-14-5-3-6-15-28)31-20-23-36(38)34(25-31)29-16-7-4-8-17-29/h2-25,32H,37-38H2,1H3/b11-2-,21-18+.